The first kappa shape index (κ1) is 13.4. The molecule has 0 radical (unpaired) electrons. The molecule has 0 bridgehead atoms. The van der Waals surface area contributed by atoms with Crippen LogP contribution in [0.5, 0.6) is 0 Å². The average Bonchev–Trinajstić information content (AvgIpc) is 2.48. The molecular weight excluding hydrogens is 206 g/mol. The number of nitrogens with zero attached hydrogens (tertiary/aromatic N) is 1. The van der Waals surface area contributed by atoms with Gasteiger partial charge in [-0.25, -0.2) is 0 Å². The van der Waals surface area contributed by atoms with Gasteiger partial charge in [0.2, 0.25) is 5.91 Å². The quantitative estimate of drug-likeness (QED) is 0.556. The number of hydrogen-bond acceptors (Lipinski definition) is 4. The van der Waals surface area contributed by atoms with E-state index in [0.717, 1.165) is 13.0 Å². The lowest BCUT2D eigenvalue weighted by molar-refractivity contribution is -0.119. The van der Waals surface area contributed by atoms with Crippen molar-refractivity contribution in [2.75, 3.05) is 33.7 Å². The first-order valence-electron chi connectivity index (χ1n) is 5.76. The van der Waals surface area contributed by atoms with Gasteiger partial charge in [0.25, 0.3) is 0 Å². The molecule has 1 heterocycles. The minimum absolute atomic E-state index is 0.131. The van der Waals surface area contributed by atoms with Crippen molar-refractivity contribution in [2.45, 2.75) is 31.4 Å². The monoisotopic (exact) mass is 229 g/mol. The molecule has 1 aliphatic heterocycles. The molecule has 1 fully saturated rings. The molecule has 16 heavy (non-hydrogen) atoms. The number of carbonyl (C=O) groups excluding carboxylic acids is 1. The number of carbonyl (C=O) groups is 1. The number of nitrogens with one attached hydrogen (secondary N) is 2. The van der Waals surface area contributed by atoms with Crippen molar-refractivity contribution >= 4 is 5.91 Å². The molecular formula is C11H23N3O2. The van der Waals surface area contributed by atoms with Crippen LogP contribution in [0, 0.1) is 0 Å². The zero-order chi connectivity index (χ0) is 12.2. The topological polar surface area (TPSA) is 64.6 Å². The van der Waals surface area contributed by atoms with Crippen LogP contribution >= 0.6 is 0 Å². The van der Waals surface area contributed by atoms with Gasteiger partial charge in [-0.3, -0.25) is 4.79 Å². The molecule has 1 aliphatic rings. The SMILES string of the molecule is CN(C)CC(C)(O)CNCC1CCC(=O)N1. The minimum atomic E-state index is -0.730. The van der Waals surface area contributed by atoms with Crippen LogP contribution in [-0.2, 0) is 4.79 Å². The summed E-state index contributed by atoms with van der Waals surface area (Å²) in [6.45, 7) is 3.71. The van der Waals surface area contributed by atoms with Crippen molar-refractivity contribution in [3.63, 3.8) is 0 Å². The molecule has 0 aromatic heterocycles. The van der Waals surface area contributed by atoms with Gasteiger partial charge < -0.3 is 20.6 Å². The molecule has 0 spiro atoms. The molecule has 94 valence electrons. The normalized spacial score (nSPS) is 24.6. The van der Waals surface area contributed by atoms with Gasteiger partial charge in [-0.2, -0.15) is 0 Å². The predicted octanol–water partition coefficient (Wildman–Crippen LogP) is -0.833. The molecule has 0 saturated carbocycles. The zero-order valence-corrected chi connectivity index (χ0v) is 10.4. The van der Waals surface area contributed by atoms with E-state index in [0.29, 0.717) is 19.5 Å². The number of likely N-dealkylation sites (N-methyl/N-ethyl adjacent to an activating group) is 1. The van der Waals surface area contributed by atoms with E-state index in [4.69, 9.17) is 0 Å². The molecule has 5 heteroatoms. The van der Waals surface area contributed by atoms with E-state index in [9.17, 15) is 9.90 Å². The Bertz CT molecular complexity index is 241. The van der Waals surface area contributed by atoms with Gasteiger partial charge in [-0.05, 0) is 27.4 Å². The highest BCUT2D eigenvalue weighted by atomic mass is 16.3. The van der Waals surface area contributed by atoms with Crippen LogP contribution in [0.3, 0.4) is 0 Å². The third-order valence-electron chi connectivity index (χ3n) is 2.64. The van der Waals surface area contributed by atoms with E-state index in [1.54, 1.807) is 0 Å². The summed E-state index contributed by atoms with van der Waals surface area (Å²) >= 11 is 0. The maximum absolute atomic E-state index is 11.0. The Balaban J connectivity index is 2.16. The second-order valence-electron chi connectivity index (χ2n) is 5.17. The van der Waals surface area contributed by atoms with Crippen LogP contribution in [0.2, 0.25) is 0 Å². The van der Waals surface area contributed by atoms with Crippen LogP contribution in [0.25, 0.3) is 0 Å². The van der Waals surface area contributed by atoms with E-state index >= 15 is 0 Å². The lowest BCUT2D eigenvalue weighted by Crippen LogP contribution is -2.48. The summed E-state index contributed by atoms with van der Waals surface area (Å²) < 4.78 is 0. The van der Waals surface area contributed by atoms with Crippen LogP contribution in [0.1, 0.15) is 19.8 Å². The molecule has 3 N–H and O–H groups in total. The number of hydrogen-bond donors (Lipinski definition) is 3. The summed E-state index contributed by atoms with van der Waals surface area (Å²) in [5.41, 5.74) is -0.730. The Morgan fingerprint density at radius 1 is 1.62 bits per heavy atom. The molecule has 0 aliphatic carbocycles. The summed E-state index contributed by atoms with van der Waals surface area (Å²) in [5, 5.41) is 16.1. The molecule has 1 saturated heterocycles. The summed E-state index contributed by atoms with van der Waals surface area (Å²) in [4.78, 5) is 12.9. The molecule has 1 amide bonds. The smallest absolute Gasteiger partial charge is 0.220 e. The largest absolute Gasteiger partial charge is 0.388 e. The van der Waals surface area contributed by atoms with E-state index in [1.807, 2.05) is 25.9 Å². The van der Waals surface area contributed by atoms with E-state index < -0.39 is 5.60 Å². The molecule has 5 nitrogen and oxygen atoms in total. The highest BCUT2D eigenvalue weighted by molar-refractivity contribution is 5.78. The van der Waals surface area contributed by atoms with Gasteiger partial charge in [-0.15, -0.1) is 0 Å². The standard InChI is InChI=1S/C11H23N3O2/c1-11(16,8-14(2)3)7-12-6-9-4-5-10(15)13-9/h9,12,16H,4-8H2,1-3H3,(H,13,15). The van der Waals surface area contributed by atoms with E-state index in [1.165, 1.54) is 0 Å². The van der Waals surface area contributed by atoms with Gasteiger partial charge in [0.05, 0.1) is 5.60 Å². The van der Waals surface area contributed by atoms with Gasteiger partial charge in [-0.1, -0.05) is 0 Å². The molecule has 1 rings (SSSR count). The van der Waals surface area contributed by atoms with Crippen molar-refractivity contribution in [1.29, 1.82) is 0 Å². The maximum Gasteiger partial charge on any atom is 0.220 e. The fourth-order valence-corrected chi connectivity index (χ4v) is 2.08. The van der Waals surface area contributed by atoms with Crippen molar-refractivity contribution in [1.82, 2.24) is 15.5 Å². The zero-order valence-electron chi connectivity index (χ0n) is 10.4. The van der Waals surface area contributed by atoms with E-state index in [-0.39, 0.29) is 11.9 Å². The third kappa shape index (κ3) is 4.92. The lowest BCUT2D eigenvalue weighted by Gasteiger charge is -2.27. The summed E-state index contributed by atoms with van der Waals surface area (Å²) in [6.07, 6.45) is 1.52. The second-order valence-corrected chi connectivity index (χ2v) is 5.17. The first-order chi connectivity index (χ1) is 7.39. The number of aliphatic hydroxyl groups is 1. The fourth-order valence-electron chi connectivity index (χ4n) is 2.08. The van der Waals surface area contributed by atoms with Crippen molar-refractivity contribution < 1.29 is 9.90 Å². The Hall–Kier alpha value is -0.650. The first-order valence-corrected chi connectivity index (χ1v) is 5.76. The Morgan fingerprint density at radius 3 is 2.81 bits per heavy atom. The maximum atomic E-state index is 11.0. The Morgan fingerprint density at radius 2 is 2.31 bits per heavy atom. The van der Waals surface area contributed by atoms with E-state index in [2.05, 4.69) is 10.6 Å². The minimum Gasteiger partial charge on any atom is -0.388 e. The van der Waals surface area contributed by atoms with Gasteiger partial charge in [0.1, 0.15) is 0 Å². The van der Waals surface area contributed by atoms with Crippen molar-refractivity contribution in [3.8, 4) is 0 Å². The van der Waals surface area contributed by atoms with Gasteiger partial charge >= 0.3 is 0 Å². The summed E-state index contributed by atoms with van der Waals surface area (Å²) in [6, 6.07) is 0.225. The molecule has 2 atom stereocenters. The van der Waals surface area contributed by atoms with Crippen molar-refractivity contribution in [2.24, 2.45) is 0 Å². The summed E-state index contributed by atoms with van der Waals surface area (Å²) in [5.74, 6) is 0.131. The molecule has 0 aromatic carbocycles. The number of rotatable bonds is 6. The second kappa shape index (κ2) is 5.61. The molecule has 2 unspecified atom stereocenters. The highest BCUT2D eigenvalue weighted by Crippen LogP contribution is 2.06. The number of amides is 1. The van der Waals surface area contributed by atoms with Gasteiger partial charge in [0, 0.05) is 32.1 Å². The lowest BCUT2D eigenvalue weighted by atomic mass is 10.1. The fraction of sp³-hybridized carbons (Fsp3) is 0.909. The predicted molar refractivity (Wildman–Crippen MR) is 63.2 cm³/mol. The van der Waals surface area contributed by atoms with Crippen LogP contribution in [0.15, 0.2) is 0 Å². The van der Waals surface area contributed by atoms with Crippen molar-refractivity contribution in [3.05, 3.63) is 0 Å². The Labute approximate surface area is 97.2 Å². The molecule has 0 aromatic rings. The van der Waals surface area contributed by atoms with Crippen LogP contribution in [0.4, 0.5) is 0 Å². The average molecular weight is 229 g/mol. The van der Waals surface area contributed by atoms with Crippen LogP contribution < -0.4 is 10.6 Å². The highest BCUT2D eigenvalue weighted by Gasteiger charge is 2.23. The Kier molecular flexibility index (Phi) is 4.70. The van der Waals surface area contributed by atoms with Gasteiger partial charge in [0.15, 0.2) is 0 Å². The van der Waals surface area contributed by atoms with Crippen LogP contribution in [-0.4, -0.2) is 61.3 Å². The summed E-state index contributed by atoms with van der Waals surface area (Å²) in [7, 11) is 3.87. The third-order valence-corrected chi connectivity index (χ3v) is 2.64.